The maximum absolute atomic E-state index is 12.7. The Morgan fingerprint density at radius 1 is 1.40 bits per heavy atom. The molecule has 132 valence electrons. The van der Waals surface area contributed by atoms with Crippen molar-refractivity contribution in [3.8, 4) is 0 Å². The van der Waals surface area contributed by atoms with Crippen molar-refractivity contribution in [2.75, 3.05) is 7.11 Å². The molecule has 9 heteroatoms. The number of aromatic nitrogens is 1. The number of amides is 1. The summed E-state index contributed by atoms with van der Waals surface area (Å²) in [6.07, 6.45) is 1.15. The number of esters is 1. The third-order valence-corrected chi connectivity index (χ3v) is 3.44. The highest BCUT2D eigenvalue weighted by Gasteiger charge is 2.23. The molecular formula is C16H17N3O6. The molecule has 1 aromatic carbocycles. The zero-order valence-electron chi connectivity index (χ0n) is 14.0. The standard InChI is InChI=1S/C16H17N3O6/c1-10(2)18(8-14-17-13(9-25-14)16(21)24-3)15(20)11-5-4-6-12(7-11)19(22)23/h4-7,9-10H,8H2,1-3H3. The number of ether oxygens (including phenoxy) is 1. The van der Waals surface area contributed by atoms with Gasteiger partial charge in [-0.05, 0) is 19.9 Å². The van der Waals surface area contributed by atoms with Crippen LogP contribution in [0.5, 0.6) is 0 Å². The summed E-state index contributed by atoms with van der Waals surface area (Å²) >= 11 is 0. The zero-order valence-corrected chi connectivity index (χ0v) is 14.0. The first-order valence-electron chi connectivity index (χ1n) is 7.41. The first-order valence-corrected chi connectivity index (χ1v) is 7.41. The van der Waals surface area contributed by atoms with E-state index in [2.05, 4.69) is 9.72 Å². The van der Waals surface area contributed by atoms with Crippen molar-refractivity contribution < 1.29 is 23.7 Å². The molecule has 0 N–H and O–H groups in total. The van der Waals surface area contributed by atoms with Gasteiger partial charge in [-0.1, -0.05) is 6.07 Å². The van der Waals surface area contributed by atoms with Crippen LogP contribution in [0, 0.1) is 10.1 Å². The maximum atomic E-state index is 12.7. The number of hydrogen-bond acceptors (Lipinski definition) is 7. The van der Waals surface area contributed by atoms with Crippen LogP contribution in [-0.4, -0.2) is 39.8 Å². The van der Waals surface area contributed by atoms with E-state index >= 15 is 0 Å². The van der Waals surface area contributed by atoms with E-state index < -0.39 is 16.8 Å². The first kappa shape index (κ1) is 18.1. The Morgan fingerprint density at radius 3 is 2.72 bits per heavy atom. The van der Waals surface area contributed by atoms with Crippen molar-refractivity contribution in [2.24, 2.45) is 0 Å². The summed E-state index contributed by atoms with van der Waals surface area (Å²) in [6, 6.07) is 5.26. The minimum atomic E-state index is -0.642. The molecule has 0 aliphatic heterocycles. The molecular weight excluding hydrogens is 330 g/mol. The molecule has 0 spiro atoms. The maximum Gasteiger partial charge on any atom is 0.360 e. The number of rotatable bonds is 6. The van der Waals surface area contributed by atoms with Gasteiger partial charge in [0.1, 0.15) is 6.26 Å². The van der Waals surface area contributed by atoms with E-state index in [9.17, 15) is 19.7 Å². The monoisotopic (exact) mass is 347 g/mol. The number of benzene rings is 1. The third-order valence-electron chi connectivity index (χ3n) is 3.44. The second-order valence-electron chi connectivity index (χ2n) is 5.45. The normalized spacial score (nSPS) is 10.6. The zero-order chi connectivity index (χ0) is 18.6. The van der Waals surface area contributed by atoms with Crippen molar-refractivity contribution in [3.05, 3.63) is 57.8 Å². The smallest absolute Gasteiger partial charge is 0.360 e. The van der Waals surface area contributed by atoms with Crippen molar-refractivity contribution in [3.63, 3.8) is 0 Å². The summed E-state index contributed by atoms with van der Waals surface area (Å²) in [5, 5.41) is 10.9. The highest BCUT2D eigenvalue weighted by Crippen LogP contribution is 2.18. The minimum absolute atomic E-state index is 0.00371. The lowest BCUT2D eigenvalue weighted by molar-refractivity contribution is -0.384. The van der Waals surface area contributed by atoms with Crippen LogP contribution in [0.4, 0.5) is 5.69 Å². The Morgan fingerprint density at radius 2 is 2.12 bits per heavy atom. The SMILES string of the molecule is COC(=O)c1coc(CN(C(=O)c2cccc([N+](=O)[O-])c2)C(C)C)n1. The highest BCUT2D eigenvalue weighted by atomic mass is 16.6. The number of carbonyl (C=O) groups is 2. The Labute approximate surface area is 143 Å². The molecule has 0 atom stereocenters. The summed E-state index contributed by atoms with van der Waals surface area (Å²) in [7, 11) is 1.23. The molecule has 9 nitrogen and oxygen atoms in total. The molecule has 1 amide bonds. The number of nitrogens with zero attached hydrogens (tertiary/aromatic N) is 3. The summed E-state index contributed by atoms with van der Waals surface area (Å²) in [6.45, 7) is 3.59. The van der Waals surface area contributed by atoms with Gasteiger partial charge in [-0.3, -0.25) is 14.9 Å². The number of nitro groups is 1. The van der Waals surface area contributed by atoms with Crippen LogP contribution in [0.1, 0.15) is 40.6 Å². The van der Waals surface area contributed by atoms with Crippen LogP contribution in [0.25, 0.3) is 0 Å². The molecule has 0 fully saturated rings. The largest absolute Gasteiger partial charge is 0.464 e. The van der Waals surface area contributed by atoms with E-state index in [-0.39, 0.29) is 35.4 Å². The predicted molar refractivity (Wildman–Crippen MR) is 85.9 cm³/mol. The van der Waals surface area contributed by atoms with Gasteiger partial charge in [-0.25, -0.2) is 9.78 Å². The molecule has 2 rings (SSSR count). The predicted octanol–water partition coefficient (Wildman–Crippen LogP) is 2.42. The Bertz CT molecular complexity index is 799. The van der Waals surface area contributed by atoms with Gasteiger partial charge in [0, 0.05) is 23.7 Å². The summed E-state index contributed by atoms with van der Waals surface area (Å²) in [4.78, 5) is 39.9. The van der Waals surface area contributed by atoms with Gasteiger partial charge in [-0.15, -0.1) is 0 Å². The van der Waals surface area contributed by atoms with E-state index in [1.54, 1.807) is 13.8 Å². The molecule has 0 aliphatic rings. The number of carbonyl (C=O) groups excluding carboxylic acids is 2. The van der Waals surface area contributed by atoms with Crippen LogP contribution in [0.2, 0.25) is 0 Å². The quantitative estimate of drug-likeness (QED) is 0.447. The lowest BCUT2D eigenvalue weighted by atomic mass is 10.1. The van der Waals surface area contributed by atoms with Gasteiger partial charge in [0.05, 0.1) is 18.6 Å². The molecule has 2 aromatic rings. The van der Waals surface area contributed by atoms with Gasteiger partial charge in [0.2, 0.25) is 5.89 Å². The Balaban J connectivity index is 2.24. The van der Waals surface area contributed by atoms with Crippen molar-refractivity contribution >= 4 is 17.6 Å². The Hall–Kier alpha value is -3.23. The second-order valence-corrected chi connectivity index (χ2v) is 5.45. The topological polar surface area (TPSA) is 116 Å². The third kappa shape index (κ3) is 4.19. The number of oxazole rings is 1. The average Bonchev–Trinajstić information content (AvgIpc) is 3.07. The summed E-state index contributed by atoms with van der Waals surface area (Å²) in [5.74, 6) is -0.888. The van der Waals surface area contributed by atoms with E-state index in [0.717, 1.165) is 6.26 Å². The van der Waals surface area contributed by atoms with Gasteiger partial charge in [0.25, 0.3) is 11.6 Å². The number of non-ortho nitro benzene ring substituents is 1. The van der Waals surface area contributed by atoms with Crippen molar-refractivity contribution in [1.29, 1.82) is 0 Å². The number of hydrogen-bond donors (Lipinski definition) is 0. The van der Waals surface area contributed by atoms with Crippen molar-refractivity contribution in [1.82, 2.24) is 9.88 Å². The lowest BCUT2D eigenvalue weighted by Gasteiger charge is -2.25. The Kier molecular flexibility index (Phi) is 5.48. The van der Waals surface area contributed by atoms with E-state index in [1.807, 2.05) is 0 Å². The number of methoxy groups -OCH3 is 1. The van der Waals surface area contributed by atoms with Gasteiger partial charge in [0.15, 0.2) is 5.69 Å². The molecule has 0 unspecified atom stereocenters. The highest BCUT2D eigenvalue weighted by molar-refractivity contribution is 5.95. The first-order chi connectivity index (χ1) is 11.8. The average molecular weight is 347 g/mol. The second kappa shape index (κ2) is 7.56. The van der Waals surface area contributed by atoms with Crippen LogP contribution in [0.3, 0.4) is 0 Å². The minimum Gasteiger partial charge on any atom is -0.464 e. The molecule has 25 heavy (non-hydrogen) atoms. The lowest BCUT2D eigenvalue weighted by Crippen LogP contribution is -2.36. The molecule has 0 aliphatic carbocycles. The van der Waals surface area contributed by atoms with Crippen LogP contribution in [-0.2, 0) is 11.3 Å². The van der Waals surface area contributed by atoms with E-state index in [0.29, 0.717) is 0 Å². The van der Waals surface area contributed by atoms with Crippen LogP contribution >= 0.6 is 0 Å². The van der Waals surface area contributed by atoms with Crippen LogP contribution < -0.4 is 0 Å². The van der Waals surface area contributed by atoms with Gasteiger partial charge >= 0.3 is 5.97 Å². The fraction of sp³-hybridized carbons (Fsp3) is 0.312. The summed E-state index contributed by atoms with van der Waals surface area (Å²) in [5.41, 5.74) is 0.0188. The molecule has 1 aromatic heterocycles. The van der Waals surface area contributed by atoms with Gasteiger partial charge in [-0.2, -0.15) is 0 Å². The molecule has 1 heterocycles. The molecule has 0 saturated heterocycles. The van der Waals surface area contributed by atoms with E-state index in [1.165, 1.54) is 36.3 Å². The summed E-state index contributed by atoms with van der Waals surface area (Å²) < 4.78 is 9.75. The van der Waals surface area contributed by atoms with Gasteiger partial charge < -0.3 is 14.1 Å². The van der Waals surface area contributed by atoms with Crippen LogP contribution in [0.15, 0.2) is 34.9 Å². The fourth-order valence-electron chi connectivity index (χ4n) is 2.13. The molecule has 0 saturated carbocycles. The van der Waals surface area contributed by atoms with Crippen molar-refractivity contribution in [2.45, 2.75) is 26.4 Å². The number of nitro benzene ring substituents is 1. The van der Waals surface area contributed by atoms with E-state index in [4.69, 9.17) is 4.42 Å². The fourth-order valence-corrected chi connectivity index (χ4v) is 2.13. The molecule has 0 radical (unpaired) electrons. The molecule has 0 bridgehead atoms.